The van der Waals surface area contributed by atoms with Gasteiger partial charge in [0.2, 0.25) is 0 Å². The molecule has 0 saturated carbocycles. The van der Waals surface area contributed by atoms with Crippen LogP contribution in [0.15, 0.2) is 35.5 Å². The topological polar surface area (TPSA) is 92.9 Å². The molecule has 0 spiro atoms. The first kappa shape index (κ1) is 19.6. The van der Waals surface area contributed by atoms with Crippen molar-refractivity contribution >= 4 is 5.96 Å². The van der Waals surface area contributed by atoms with Crippen LogP contribution >= 0.6 is 0 Å². The van der Waals surface area contributed by atoms with Gasteiger partial charge in [0.05, 0.1) is 32.6 Å². The number of aromatic nitrogens is 2. The highest BCUT2D eigenvalue weighted by atomic mass is 16.5. The van der Waals surface area contributed by atoms with Crippen LogP contribution in [0.5, 0.6) is 11.5 Å². The number of methoxy groups -OCH3 is 2. The molecule has 2 rings (SSSR count). The van der Waals surface area contributed by atoms with Crippen LogP contribution in [0.3, 0.4) is 0 Å². The Morgan fingerprint density at radius 2 is 1.92 bits per heavy atom. The van der Waals surface area contributed by atoms with Gasteiger partial charge in [-0.15, -0.1) is 0 Å². The van der Waals surface area contributed by atoms with Gasteiger partial charge in [0.15, 0.2) is 5.96 Å². The van der Waals surface area contributed by atoms with E-state index >= 15 is 0 Å². The maximum atomic E-state index is 10.5. The lowest BCUT2D eigenvalue weighted by Crippen LogP contribution is -2.39. The van der Waals surface area contributed by atoms with Crippen LogP contribution in [0.1, 0.15) is 24.3 Å². The van der Waals surface area contributed by atoms with Gasteiger partial charge in [0.25, 0.3) is 0 Å². The van der Waals surface area contributed by atoms with Crippen LogP contribution < -0.4 is 20.1 Å². The fraction of sp³-hybridized carbons (Fsp3) is 0.444. The van der Waals surface area contributed by atoms with E-state index in [4.69, 9.17) is 9.47 Å². The molecule has 1 aromatic carbocycles. The van der Waals surface area contributed by atoms with Crippen molar-refractivity contribution < 1.29 is 14.6 Å². The molecule has 0 aliphatic carbocycles. The lowest BCUT2D eigenvalue weighted by molar-refractivity contribution is 0.180. The number of guanidine groups is 1. The molecule has 1 heterocycles. The maximum absolute atomic E-state index is 10.5. The third-order valence-corrected chi connectivity index (χ3v) is 3.89. The molecular formula is C18H27N5O3. The molecule has 0 saturated heterocycles. The first-order valence-electron chi connectivity index (χ1n) is 8.47. The van der Waals surface area contributed by atoms with Crippen LogP contribution in [0.4, 0.5) is 0 Å². The van der Waals surface area contributed by atoms with Crippen LogP contribution in [0, 0.1) is 0 Å². The number of benzene rings is 1. The number of rotatable bonds is 8. The SMILES string of the molecule is CCNC(=NCc1ccnn1C)NCC(O)c1cc(OC)cc(OC)c1. The number of aryl methyl sites for hydroxylation is 1. The second kappa shape index (κ2) is 9.67. The van der Waals surface area contributed by atoms with Crippen molar-refractivity contribution in [1.82, 2.24) is 20.4 Å². The van der Waals surface area contributed by atoms with Crippen molar-refractivity contribution in [3.05, 3.63) is 41.7 Å². The van der Waals surface area contributed by atoms with Gasteiger partial charge in [-0.05, 0) is 30.7 Å². The van der Waals surface area contributed by atoms with Crippen molar-refractivity contribution in [3.8, 4) is 11.5 Å². The predicted molar refractivity (Wildman–Crippen MR) is 101 cm³/mol. The van der Waals surface area contributed by atoms with Gasteiger partial charge in [-0.3, -0.25) is 4.68 Å². The van der Waals surface area contributed by atoms with Crippen molar-refractivity contribution in [2.45, 2.75) is 19.6 Å². The summed E-state index contributed by atoms with van der Waals surface area (Å²) >= 11 is 0. The Kier molecular flexibility index (Phi) is 7.28. The van der Waals surface area contributed by atoms with Crippen LogP contribution in [-0.4, -0.2) is 48.2 Å². The molecule has 26 heavy (non-hydrogen) atoms. The van der Waals surface area contributed by atoms with E-state index in [1.807, 2.05) is 20.0 Å². The van der Waals surface area contributed by atoms with E-state index in [2.05, 4.69) is 20.7 Å². The molecule has 0 bridgehead atoms. The first-order chi connectivity index (χ1) is 12.6. The van der Waals surface area contributed by atoms with Gasteiger partial charge in [0.1, 0.15) is 11.5 Å². The zero-order valence-corrected chi connectivity index (χ0v) is 15.7. The third kappa shape index (κ3) is 5.38. The summed E-state index contributed by atoms with van der Waals surface area (Å²) in [6.45, 7) is 3.51. The molecule has 2 aromatic rings. The Morgan fingerprint density at radius 3 is 2.46 bits per heavy atom. The molecule has 1 aromatic heterocycles. The average molecular weight is 361 g/mol. The number of aliphatic hydroxyl groups is 1. The zero-order valence-electron chi connectivity index (χ0n) is 15.7. The van der Waals surface area contributed by atoms with E-state index in [9.17, 15) is 5.11 Å². The van der Waals surface area contributed by atoms with Gasteiger partial charge < -0.3 is 25.2 Å². The average Bonchev–Trinajstić information content (AvgIpc) is 3.08. The van der Waals surface area contributed by atoms with Crippen LogP contribution in [-0.2, 0) is 13.6 Å². The Balaban J connectivity index is 2.02. The van der Waals surface area contributed by atoms with E-state index in [1.165, 1.54) is 0 Å². The number of hydrogen-bond acceptors (Lipinski definition) is 5. The molecule has 1 atom stereocenters. The van der Waals surface area contributed by atoms with Gasteiger partial charge >= 0.3 is 0 Å². The minimum Gasteiger partial charge on any atom is -0.497 e. The number of hydrogen-bond donors (Lipinski definition) is 3. The number of ether oxygens (including phenoxy) is 2. The van der Waals surface area contributed by atoms with E-state index in [-0.39, 0.29) is 0 Å². The summed E-state index contributed by atoms with van der Waals surface area (Å²) in [5, 5.41) is 21.0. The van der Waals surface area contributed by atoms with Gasteiger partial charge in [-0.2, -0.15) is 5.10 Å². The van der Waals surface area contributed by atoms with Crippen LogP contribution in [0.25, 0.3) is 0 Å². The van der Waals surface area contributed by atoms with Crippen LogP contribution in [0.2, 0.25) is 0 Å². The van der Waals surface area contributed by atoms with E-state index < -0.39 is 6.10 Å². The molecule has 3 N–H and O–H groups in total. The van der Waals surface area contributed by atoms with Gasteiger partial charge in [-0.25, -0.2) is 4.99 Å². The summed E-state index contributed by atoms with van der Waals surface area (Å²) in [7, 11) is 5.04. The highest BCUT2D eigenvalue weighted by Gasteiger charge is 2.12. The molecular weight excluding hydrogens is 334 g/mol. The number of nitrogens with one attached hydrogen (secondary N) is 2. The smallest absolute Gasteiger partial charge is 0.191 e. The summed E-state index contributed by atoms with van der Waals surface area (Å²) in [5.74, 6) is 1.90. The molecule has 8 nitrogen and oxygen atoms in total. The predicted octanol–water partition coefficient (Wildman–Crippen LogP) is 1.23. The van der Waals surface area contributed by atoms with E-state index in [0.29, 0.717) is 36.1 Å². The Labute approximate surface area is 153 Å². The molecule has 0 fully saturated rings. The third-order valence-electron chi connectivity index (χ3n) is 3.89. The molecule has 0 radical (unpaired) electrons. The van der Waals surface area contributed by atoms with E-state index in [1.54, 1.807) is 43.3 Å². The Hall–Kier alpha value is -2.74. The molecule has 0 aliphatic rings. The van der Waals surface area contributed by atoms with Crippen molar-refractivity contribution in [3.63, 3.8) is 0 Å². The van der Waals surface area contributed by atoms with Crippen molar-refractivity contribution in [2.24, 2.45) is 12.0 Å². The molecule has 142 valence electrons. The largest absolute Gasteiger partial charge is 0.497 e. The summed E-state index contributed by atoms with van der Waals surface area (Å²) in [5.41, 5.74) is 1.71. The molecule has 0 amide bonds. The van der Waals surface area contributed by atoms with Gasteiger partial charge in [-0.1, -0.05) is 0 Å². The second-order valence-corrected chi connectivity index (χ2v) is 5.68. The number of aliphatic imine (C=N–C) groups is 1. The highest BCUT2D eigenvalue weighted by molar-refractivity contribution is 5.79. The lowest BCUT2D eigenvalue weighted by Gasteiger charge is -2.17. The first-order valence-corrected chi connectivity index (χ1v) is 8.47. The summed E-state index contributed by atoms with van der Waals surface area (Å²) in [4.78, 5) is 4.52. The molecule has 0 aliphatic heterocycles. The quantitative estimate of drug-likeness (QED) is 0.484. The minimum absolute atomic E-state index is 0.299. The maximum Gasteiger partial charge on any atom is 0.191 e. The van der Waals surface area contributed by atoms with Gasteiger partial charge in [0, 0.05) is 32.4 Å². The van der Waals surface area contributed by atoms with Crippen molar-refractivity contribution in [1.29, 1.82) is 0 Å². The summed E-state index contributed by atoms with van der Waals surface area (Å²) < 4.78 is 12.3. The number of aliphatic hydroxyl groups excluding tert-OH is 1. The highest BCUT2D eigenvalue weighted by Crippen LogP contribution is 2.26. The fourth-order valence-electron chi connectivity index (χ4n) is 2.39. The Bertz CT molecular complexity index is 707. The lowest BCUT2D eigenvalue weighted by atomic mass is 10.1. The van der Waals surface area contributed by atoms with Crippen molar-refractivity contribution in [2.75, 3.05) is 27.3 Å². The zero-order chi connectivity index (χ0) is 18.9. The standard InChI is InChI=1S/C18H27N5O3/c1-5-19-18(20-11-14-6-7-22-23(14)2)21-12-17(24)13-8-15(25-3)10-16(9-13)26-4/h6-10,17,24H,5,11-12H2,1-4H3,(H2,19,20,21). The normalized spacial score (nSPS) is 12.6. The fourth-order valence-corrected chi connectivity index (χ4v) is 2.39. The number of nitrogens with zero attached hydrogens (tertiary/aromatic N) is 3. The second-order valence-electron chi connectivity index (χ2n) is 5.68. The minimum atomic E-state index is -0.737. The summed E-state index contributed by atoms with van der Waals surface area (Å²) in [6, 6.07) is 7.26. The monoisotopic (exact) mass is 361 g/mol. The molecule has 8 heteroatoms. The molecule has 1 unspecified atom stereocenters. The van der Waals surface area contributed by atoms with E-state index in [0.717, 1.165) is 12.2 Å². The summed E-state index contributed by atoms with van der Waals surface area (Å²) in [6.07, 6.45) is 1.00. The Morgan fingerprint density at radius 1 is 1.23 bits per heavy atom.